The fourth-order valence-corrected chi connectivity index (χ4v) is 2.01. The zero-order valence-corrected chi connectivity index (χ0v) is 11.3. The van der Waals surface area contributed by atoms with Crippen LogP contribution in [0.3, 0.4) is 0 Å². The van der Waals surface area contributed by atoms with Crippen LogP contribution in [0.15, 0.2) is 42.6 Å². The molecular formula is C15H16N4O. The van der Waals surface area contributed by atoms with E-state index in [1.165, 1.54) is 5.56 Å². The molecular weight excluding hydrogens is 252 g/mol. The van der Waals surface area contributed by atoms with Crippen LogP contribution in [0.1, 0.15) is 11.4 Å². The van der Waals surface area contributed by atoms with E-state index in [-0.39, 0.29) is 0 Å². The Morgan fingerprint density at radius 3 is 3.00 bits per heavy atom. The number of fused-ring (bicyclic) bond motifs is 1. The molecule has 5 nitrogen and oxygen atoms in total. The van der Waals surface area contributed by atoms with E-state index in [0.29, 0.717) is 18.7 Å². The van der Waals surface area contributed by atoms with Crippen LogP contribution in [0.2, 0.25) is 0 Å². The van der Waals surface area contributed by atoms with Gasteiger partial charge in [0.2, 0.25) is 0 Å². The van der Waals surface area contributed by atoms with Gasteiger partial charge >= 0.3 is 0 Å². The lowest BCUT2D eigenvalue weighted by Gasteiger charge is -2.04. The number of hydrogen-bond acceptors (Lipinski definition) is 4. The van der Waals surface area contributed by atoms with Crippen molar-refractivity contribution in [3.63, 3.8) is 0 Å². The summed E-state index contributed by atoms with van der Waals surface area (Å²) in [5.74, 6) is 1.63. The third-order valence-corrected chi connectivity index (χ3v) is 2.99. The van der Waals surface area contributed by atoms with Gasteiger partial charge < -0.3 is 10.5 Å². The van der Waals surface area contributed by atoms with Crippen molar-refractivity contribution in [2.24, 2.45) is 0 Å². The van der Waals surface area contributed by atoms with E-state index in [0.717, 1.165) is 17.2 Å². The van der Waals surface area contributed by atoms with Crippen molar-refractivity contribution in [2.45, 2.75) is 13.3 Å². The lowest BCUT2D eigenvalue weighted by atomic mass is 10.2. The fourth-order valence-electron chi connectivity index (χ4n) is 2.01. The molecule has 3 aromatic rings. The van der Waals surface area contributed by atoms with E-state index in [2.05, 4.69) is 10.1 Å². The van der Waals surface area contributed by atoms with Crippen LogP contribution in [-0.2, 0) is 6.42 Å². The molecule has 0 aliphatic carbocycles. The number of hydrogen-bond donors (Lipinski definition) is 1. The van der Waals surface area contributed by atoms with Gasteiger partial charge in [0.05, 0.1) is 6.61 Å². The molecule has 0 aliphatic heterocycles. The molecule has 0 spiro atoms. The van der Waals surface area contributed by atoms with Gasteiger partial charge in [-0.15, -0.1) is 0 Å². The van der Waals surface area contributed by atoms with Gasteiger partial charge in [-0.05, 0) is 30.7 Å². The van der Waals surface area contributed by atoms with Crippen LogP contribution in [0.25, 0.3) is 5.65 Å². The molecule has 0 bridgehead atoms. The monoisotopic (exact) mass is 268 g/mol. The minimum absolute atomic E-state index is 0.551. The molecule has 2 N–H and O–H groups in total. The van der Waals surface area contributed by atoms with Crippen LogP contribution in [0.5, 0.6) is 5.75 Å². The predicted molar refractivity (Wildman–Crippen MR) is 77.8 cm³/mol. The van der Waals surface area contributed by atoms with Gasteiger partial charge in [0.25, 0.3) is 0 Å². The topological polar surface area (TPSA) is 65.4 Å². The first-order valence-electron chi connectivity index (χ1n) is 6.51. The van der Waals surface area contributed by atoms with E-state index < -0.39 is 0 Å². The summed E-state index contributed by atoms with van der Waals surface area (Å²) >= 11 is 0. The summed E-state index contributed by atoms with van der Waals surface area (Å²) < 4.78 is 7.42. The molecule has 0 radical (unpaired) electrons. The van der Waals surface area contributed by atoms with Crippen molar-refractivity contribution in [3.8, 4) is 5.75 Å². The summed E-state index contributed by atoms with van der Waals surface area (Å²) in [5, 5.41) is 4.37. The number of pyridine rings is 1. The molecule has 0 saturated heterocycles. The maximum Gasteiger partial charge on any atom is 0.157 e. The Kier molecular flexibility index (Phi) is 3.25. The van der Waals surface area contributed by atoms with E-state index in [1.54, 1.807) is 16.6 Å². The number of aryl methyl sites for hydroxylation is 1. The zero-order chi connectivity index (χ0) is 13.9. The second-order valence-electron chi connectivity index (χ2n) is 4.71. The third-order valence-electron chi connectivity index (χ3n) is 2.99. The van der Waals surface area contributed by atoms with Crippen molar-refractivity contribution in [3.05, 3.63) is 54.0 Å². The molecule has 0 aliphatic rings. The highest BCUT2D eigenvalue weighted by Crippen LogP contribution is 2.13. The van der Waals surface area contributed by atoms with Crippen LogP contribution in [-0.4, -0.2) is 21.2 Å². The molecule has 0 atom stereocenters. The summed E-state index contributed by atoms with van der Waals surface area (Å²) in [5.41, 5.74) is 8.35. The summed E-state index contributed by atoms with van der Waals surface area (Å²) in [4.78, 5) is 4.41. The molecule has 20 heavy (non-hydrogen) atoms. The summed E-state index contributed by atoms with van der Waals surface area (Å²) in [6.07, 6.45) is 2.47. The number of aromatic nitrogens is 3. The van der Waals surface area contributed by atoms with Crippen LogP contribution >= 0.6 is 0 Å². The Hall–Kier alpha value is -2.56. The Balaban J connectivity index is 1.65. The largest absolute Gasteiger partial charge is 0.493 e. The second kappa shape index (κ2) is 5.21. The molecule has 0 fully saturated rings. The number of nitrogens with zero attached hydrogens (tertiary/aromatic N) is 3. The van der Waals surface area contributed by atoms with E-state index in [1.807, 2.05) is 37.4 Å². The molecule has 5 heteroatoms. The minimum atomic E-state index is 0.551. The summed E-state index contributed by atoms with van der Waals surface area (Å²) in [7, 11) is 0. The molecule has 1 aromatic carbocycles. The van der Waals surface area contributed by atoms with Crippen molar-refractivity contribution in [2.75, 3.05) is 12.3 Å². The molecule has 2 aromatic heterocycles. The molecule has 2 heterocycles. The number of nitrogen functional groups attached to an aromatic ring is 1. The van der Waals surface area contributed by atoms with Gasteiger partial charge in [0, 0.05) is 24.4 Å². The van der Waals surface area contributed by atoms with Gasteiger partial charge in [-0.25, -0.2) is 9.50 Å². The quantitative estimate of drug-likeness (QED) is 0.788. The number of nitrogens with two attached hydrogens (primary N) is 1. The van der Waals surface area contributed by atoms with Crippen LogP contribution in [0.4, 0.5) is 5.69 Å². The lowest BCUT2D eigenvalue weighted by Crippen LogP contribution is -2.03. The number of ether oxygens (including phenoxy) is 1. The first-order valence-corrected chi connectivity index (χ1v) is 6.51. The highest BCUT2D eigenvalue weighted by atomic mass is 16.5. The highest BCUT2D eigenvalue weighted by Gasteiger charge is 2.04. The zero-order valence-electron chi connectivity index (χ0n) is 11.3. The van der Waals surface area contributed by atoms with Crippen molar-refractivity contribution < 1.29 is 4.74 Å². The molecule has 3 rings (SSSR count). The van der Waals surface area contributed by atoms with Crippen molar-refractivity contribution in [1.82, 2.24) is 14.6 Å². The average Bonchev–Trinajstić information content (AvgIpc) is 2.80. The average molecular weight is 268 g/mol. The Bertz CT molecular complexity index is 736. The highest BCUT2D eigenvalue weighted by molar-refractivity contribution is 5.50. The van der Waals surface area contributed by atoms with Crippen LogP contribution < -0.4 is 10.5 Å². The Labute approximate surface area is 117 Å². The lowest BCUT2D eigenvalue weighted by molar-refractivity contribution is 0.319. The SMILES string of the molecule is Cc1cccc(OCCc2nc3cc(N)ccn3n2)c1. The van der Waals surface area contributed by atoms with Gasteiger partial charge in [0.1, 0.15) is 5.75 Å². The third kappa shape index (κ3) is 2.71. The first-order chi connectivity index (χ1) is 9.70. The Morgan fingerprint density at radius 1 is 1.25 bits per heavy atom. The van der Waals surface area contributed by atoms with Crippen molar-refractivity contribution in [1.29, 1.82) is 0 Å². The maximum absolute atomic E-state index is 5.72. The predicted octanol–water partition coefficient (Wildman–Crippen LogP) is 2.24. The smallest absolute Gasteiger partial charge is 0.157 e. The second-order valence-corrected chi connectivity index (χ2v) is 4.71. The standard InChI is InChI=1S/C15H16N4O/c1-11-3-2-4-13(9-11)20-8-6-14-17-15-10-12(16)5-7-19(15)18-14/h2-5,7,9-10H,6,8,16H2,1H3. The van der Waals surface area contributed by atoms with E-state index in [4.69, 9.17) is 10.5 Å². The van der Waals surface area contributed by atoms with E-state index >= 15 is 0 Å². The fraction of sp³-hybridized carbons (Fsp3) is 0.200. The maximum atomic E-state index is 5.72. The summed E-state index contributed by atoms with van der Waals surface area (Å²) in [6.45, 7) is 2.59. The normalized spacial score (nSPS) is 10.8. The summed E-state index contributed by atoms with van der Waals surface area (Å²) in [6, 6.07) is 11.6. The molecule has 0 saturated carbocycles. The molecule has 0 amide bonds. The first kappa shape index (κ1) is 12.5. The Morgan fingerprint density at radius 2 is 2.15 bits per heavy atom. The van der Waals surface area contributed by atoms with Gasteiger partial charge in [-0.1, -0.05) is 12.1 Å². The molecule has 0 unspecified atom stereocenters. The number of anilines is 1. The van der Waals surface area contributed by atoms with Crippen molar-refractivity contribution >= 4 is 11.3 Å². The van der Waals surface area contributed by atoms with Crippen LogP contribution in [0, 0.1) is 6.92 Å². The van der Waals surface area contributed by atoms with Gasteiger partial charge in [0.15, 0.2) is 11.5 Å². The van der Waals surface area contributed by atoms with Gasteiger partial charge in [-0.2, -0.15) is 5.10 Å². The minimum Gasteiger partial charge on any atom is -0.493 e. The number of benzene rings is 1. The number of rotatable bonds is 4. The van der Waals surface area contributed by atoms with E-state index in [9.17, 15) is 0 Å². The van der Waals surface area contributed by atoms with Gasteiger partial charge in [-0.3, -0.25) is 0 Å². The molecule has 102 valence electrons.